The van der Waals surface area contributed by atoms with Crippen LogP contribution in [0.15, 0.2) is 47.4 Å². The van der Waals surface area contributed by atoms with Crippen LogP contribution in [0, 0.1) is 6.92 Å². The Morgan fingerprint density at radius 1 is 1.00 bits per heavy atom. The molecule has 1 heterocycles. The Morgan fingerprint density at radius 2 is 1.62 bits per heavy atom. The molecule has 2 aromatic rings. The maximum Gasteiger partial charge on any atom is 0.261 e. The summed E-state index contributed by atoms with van der Waals surface area (Å²) < 4.78 is 27.5. The molecule has 1 aliphatic heterocycles. The maximum absolute atomic E-state index is 12.5. The largest absolute Gasteiger partial charge is 0.280 e. The zero-order chi connectivity index (χ0) is 18.9. The summed E-state index contributed by atoms with van der Waals surface area (Å²) in [5, 5.41) is 0.461. The van der Waals surface area contributed by atoms with Crippen LogP contribution in [0.1, 0.15) is 24.8 Å². The molecular formula is C18H17ClN2O4S. The fraction of sp³-hybridized carbons (Fsp3) is 0.222. The van der Waals surface area contributed by atoms with Crippen LogP contribution >= 0.6 is 11.6 Å². The van der Waals surface area contributed by atoms with Gasteiger partial charge in [-0.05, 0) is 55.3 Å². The van der Waals surface area contributed by atoms with Gasteiger partial charge in [0, 0.05) is 17.9 Å². The van der Waals surface area contributed by atoms with E-state index in [-0.39, 0.29) is 16.7 Å². The average Bonchev–Trinajstić information content (AvgIpc) is 2.58. The highest BCUT2D eigenvalue weighted by Gasteiger charge is 2.27. The van der Waals surface area contributed by atoms with E-state index in [1.165, 1.54) is 30.3 Å². The molecule has 3 rings (SSSR count). The Kier molecular flexibility index (Phi) is 5.02. The van der Waals surface area contributed by atoms with E-state index in [1.54, 1.807) is 12.1 Å². The predicted molar refractivity (Wildman–Crippen MR) is 99.8 cm³/mol. The summed E-state index contributed by atoms with van der Waals surface area (Å²) >= 11 is 6.02. The lowest BCUT2D eigenvalue weighted by atomic mass is 10.1. The van der Waals surface area contributed by atoms with Crippen LogP contribution in [0.4, 0.5) is 11.4 Å². The molecule has 136 valence electrons. The van der Waals surface area contributed by atoms with Crippen LogP contribution in [0.3, 0.4) is 0 Å². The van der Waals surface area contributed by atoms with Crippen molar-refractivity contribution in [2.45, 2.75) is 31.1 Å². The van der Waals surface area contributed by atoms with E-state index in [0.29, 0.717) is 35.7 Å². The van der Waals surface area contributed by atoms with Gasteiger partial charge >= 0.3 is 0 Å². The average molecular weight is 393 g/mol. The first-order valence-electron chi connectivity index (χ1n) is 8.03. The summed E-state index contributed by atoms with van der Waals surface area (Å²) in [6.45, 7) is 1.82. The number of hydrogen-bond acceptors (Lipinski definition) is 4. The highest BCUT2D eigenvalue weighted by atomic mass is 35.5. The summed E-state index contributed by atoms with van der Waals surface area (Å²) in [6, 6.07) is 10.5. The van der Waals surface area contributed by atoms with Crippen molar-refractivity contribution < 1.29 is 18.0 Å². The van der Waals surface area contributed by atoms with Crippen molar-refractivity contribution in [3.05, 3.63) is 53.1 Å². The van der Waals surface area contributed by atoms with Crippen LogP contribution in [-0.4, -0.2) is 20.2 Å². The molecule has 0 spiro atoms. The lowest BCUT2D eigenvalue weighted by Gasteiger charge is -2.24. The molecule has 8 heteroatoms. The van der Waals surface area contributed by atoms with Crippen molar-refractivity contribution in [1.82, 2.24) is 0 Å². The highest BCUT2D eigenvalue weighted by Crippen LogP contribution is 2.26. The number of nitrogens with zero attached hydrogens (tertiary/aromatic N) is 1. The third kappa shape index (κ3) is 3.73. The number of hydrogen-bond donors (Lipinski definition) is 1. The molecular weight excluding hydrogens is 376 g/mol. The molecule has 2 aromatic carbocycles. The van der Waals surface area contributed by atoms with E-state index in [1.807, 2.05) is 6.92 Å². The van der Waals surface area contributed by atoms with Gasteiger partial charge in [-0.3, -0.25) is 19.2 Å². The Balaban J connectivity index is 1.83. The number of aryl methyl sites for hydroxylation is 1. The zero-order valence-electron chi connectivity index (χ0n) is 14.0. The number of carbonyl (C=O) groups is 2. The van der Waals surface area contributed by atoms with Gasteiger partial charge in [0.15, 0.2) is 0 Å². The minimum atomic E-state index is -3.81. The van der Waals surface area contributed by atoms with Gasteiger partial charge in [-0.2, -0.15) is 0 Å². The number of sulfonamides is 1. The van der Waals surface area contributed by atoms with Gasteiger partial charge in [0.05, 0.1) is 16.3 Å². The van der Waals surface area contributed by atoms with E-state index >= 15 is 0 Å². The second-order valence-corrected chi connectivity index (χ2v) is 8.13. The number of rotatable bonds is 4. The van der Waals surface area contributed by atoms with Gasteiger partial charge in [-0.15, -0.1) is 0 Å². The fourth-order valence-corrected chi connectivity index (χ4v) is 3.92. The lowest BCUT2D eigenvalue weighted by Crippen LogP contribution is -2.40. The van der Waals surface area contributed by atoms with Gasteiger partial charge < -0.3 is 0 Å². The molecule has 0 saturated carbocycles. The number of halogens is 1. The second-order valence-electron chi connectivity index (χ2n) is 6.04. The molecule has 1 N–H and O–H groups in total. The van der Waals surface area contributed by atoms with Crippen LogP contribution < -0.4 is 9.62 Å². The van der Waals surface area contributed by atoms with Crippen LogP contribution in [-0.2, 0) is 19.6 Å². The fourth-order valence-electron chi connectivity index (χ4n) is 2.69. The first-order valence-corrected chi connectivity index (χ1v) is 9.89. The monoisotopic (exact) mass is 392 g/mol. The molecule has 1 saturated heterocycles. The molecule has 0 atom stereocenters. The first-order chi connectivity index (χ1) is 12.3. The molecule has 1 fully saturated rings. The van der Waals surface area contributed by atoms with Gasteiger partial charge in [-0.1, -0.05) is 17.7 Å². The van der Waals surface area contributed by atoms with Gasteiger partial charge in [0.2, 0.25) is 11.8 Å². The standard InChI is InChI=1S/C18H17ClN2O4S/c1-12-5-6-13(11-16(12)19)20-26(24,25)15-9-7-14(8-10-15)21-17(22)3-2-4-18(21)23/h5-11,20H,2-4H2,1H3. The Morgan fingerprint density at radius 3 is 2.19 bits per heavy atom. The topological polar surface area (TPSA) is 83.6 Å². The van der Waals surface area contributed by atoms with Crippen molar-refractivity contribution in [3.63, 3.8) is 0 Å². The molecule has 0 aromatic heterocycles. The molecule has 0 bridgehead atoms. The van der Waals surface area contributed by atoms with Gasteiger partial charge in [-0.25, -0.2) is 8.42 Å². The van der Waals surface area contributed by atoms with Crippen molar-refractivity contribution in [2.75, 3.05) is 9.62 Å². The predicted octanol–water partition coefficient (Wildman–Crippen LogP) is 3.49. The normalized spacial score (nSPS) is 15.2. The summed E-state index contributed by atoms with van der Waals surface area (Å²) in [7, 11) is -3.81. The van der Waals surface area contributed by atoms with Crippen molar-refractivity contribution >= 4 is 44.8 Å². The van der Waals surface area contributed by atoms with Crippen molar-refractivity contribution in [3.8, 4) is 0 Å². The number of benzene rings is 2. The first kappa shape index (κ1) is 18.4. The number of nitrogens with one attached hydrogen (secondary N) is 1. The summed E-state index contributed by atoms with van der Waals surface area (Å²) in [4.78, 5) is 25.0. The molecule has 0 aliphatic carbocycles. The molecule has 2 amide bonds. The molecule has 0 radical (unpaired) electrons. The van der Waals surface area contributed by atoms with Crippen LogP contribution in [0.2, 0.25) is 5.02 Å². The molecule has 0 unspecified atom stereocenters. The Bertz CT molecular complexity index is 955. The summed E-state index contributed by atoms with van der Waals surface area (Å²) in [5.74, 6) is -0.548. The second kappa shape index (κ2) is 7.09. The zero-order valence-corrected chi connectivity index (χ0v) is 15.6. The van der Waals surface area contributed by atoms with E-state index in [2.05, 4.69) is 4.72 Å². The van der Waals surface area contributed by atoms with Crippen molar-refractivity contribution in [2.24, 2.45) is 0 Å². The molecule has 26 heavy (non-hydrogen) atoms. The van der Waals surface area contributed by atoms with E-state index < -0.39 is 10.0 Å². The van der Waals surface area contributed by atoms with E-state index in [0.717, 1.165) is 10.5 Å². The van der Waals surface area contributed by atoms with Gasteiger partial charge in [0.1, 0.15) is 0 Å². The quantitative estimate of drug-likeness (QED) is 0.807. The van der Waals surface area contributed by atoms with Crippen LogP contribution in [0.25, 0.3) is 0 Å². The third-order valence-corrected chi connectivity index (χ3v) is 5.91. The lowest BCUT2D eigenvalue weighted by molar-refractivity contribution is -0.129. The summed E-state index contributed by atoms with van der Waals surface area (Å²) in [6.07, 6.45) is 1.16. The molecule has 1 aliphatic rings. The smallest absolute Gasteiger partial charge is 0.261 e. The van der Waals surface area contributed by atoms with E-state index in [9.17, 15) is 18.0 Å². The van der Waals surface area contributed by atoms with Crippen LogP contribution in [0.5, 0.6) is 0 Å². The highest BCUT2D eigenvalue weighted by molar-refractivity contribution is 7.92. The maximum atomic E-state index is 12.5. The number of imide groups is 1. The molecule has 6 nitrogen and oxygen atoms in total. The number of carbonyl (C=O) groups excluding carboxylic acids is 2. The van der Waals surface area contributed by atoms with E-state index in [4.69, 9.17) is 11.6 Å². The Labute approximate surface area is 156 Å². The van der Waals surface area contributed by atoms with Crippen molar-refractivity contribution in [1.29, 1.82) is 0 Å². The Hall–Kier alpha value is -2.38. The SMILES string of the molecule is Cc1ccc(NS(=O)(=O)c2ccc(N3C(=O)CCCC3=O)cc2)cc1Cl. The number of anilines is 2. The minimum absolute atomic E-state index is 0.0230. The summed E-state index contributed by atoms with van der Waals surface area (Å²) in [5.41, 5.74) is 1.57. The number of amides is 2. The minimum Gasteiger partial charge on any atom is -0.280 e. The number of piperidine rings is 1. The van der Waals surface area contributed by atoms with Gasteiger partial charge in [0.25, 0.3) is 10.0 Å². The third-order valence-electron chi connectivity index (χ3n) is 4.11.